The maximum atomic E-state index is 5.81. The van der Waals surface area contributed by atoms with Crippen LogP contribution < -0.4 is 0 Å². The lowest BCUT2D eigenvalue weighted by atomic mass is 10.4. The SMILES string of the molecule is CC1C(Cl)C1(C)Cl. The van der Waals surface area contributed by atoms with Gasteiger partial charge in [-0.05, 0) is 12.8 Å². The average Bonchev–Trinajstić information content (AvgIpc) is 1.91. The maximum absolute atomic E-state index is 5.81. The molecule has 3 unspecified atom stereocenters. The van der Waals surface area contributed by atoms with E-state index in [1.807, 2.05) is 6.92 Å². The van der Waals surface area contributed by atoms with Gasteiger partial charge < -0.3 is 0 Å². The Morgan fingerprint density at radius 3 is 1.71 bits per heavy atom. The molecular weight excluding hydrogens is 131 g/mol. The highest BCUT2D eigenvalue weighted by Gasteiger charge is 2.56. The van der Waals surface area contributed by atoms with Crippen molar-refractivity contribution in [3.05, 3.63) is 0 Å². The Labute approximate surface area is 53.8 Å². The van der Waals surface area contributed by atoms with Crippen LogP contribution >= 0.6 is 23.2 Å². The van der Waals surface area contributed by atoms with Crippen LogP contribution in [0, 0.1) is 5.92 Å². The quantitative estimate of drug-likeness (QED) is 0.451. The minimum absolute atomic E-state index is 0.0957. The van der Waals surface area contributed by atoms with Crippen LogP contribution in [0.3, 0.4) is 0 Å². The third kappa shape index (κ3) is 0.649. The Morgan fingerprint density at radius 2 is 1.71 bits per heavy atom. The summed E-state index contributed by atoms with van der Waals surface area (Å²) in [6.45, 7) is 4.03. The van der Waals surface area contributed by atoms with E-state index in [0.29, 0.717) is 5.92 Å². The minimum Gasteiger partial charge on any atom is -0.121 e. The monoisotopic (exact) mass is 138 g/mol. The predicted molar refractivity (Wildman–Crippen MR) is 33.1 cm³/mol. The predicted octanol–water partition coefficient (Wildman–Crippen LogP) is 2.24. The van der Waals surface area contributed by atoms with Crippen LogP contribution in [-0.2, 0) is 0 Å². The summed E-state index contributed by atoms with van der Waals surface area (Å²) in [6, 6.07) is 0. The lowest BCUT2D eigenvalue weighted by Gasteiger charge is -1.89. The normalized spacial score (nSPS) is 60.0. The second kappa shape index (κ2) is 1.29. The Balaban J connectivity index is 2.52. The van der Waals surface area contributed by atoms with Crippen molar-refractivity contribution in [2.45, 2.75) is 24.1 Å². The first-order chi connectivity index (χ1) is 3.07. The van der Waals surface area contributed by atoms with Crippen molar-refractivity contribution in [1.82, 2.24) is 0 Å². The van der Waals surface area contributed by atoms with Gasteiger partial charge >= 0.3 is 0 Å². The lowest BCUT2D eigenvalue weighted by Crippen LogP contribution is -1.92. The third-order valence-corrected chi connectivity index (χ3v) is 3.28. The van der Waals surface area contributed by atoms with Gasteiger partial charge in [0.25, 0.3) is 0 Å². The summed E-state index contributed by atoms with van der Waals surface area (Å²) in [5.41, 5.74) is 0. The van der Waals surface area contributed by atoms with Crippen molar-refractivity contribution in [2.24, 2.45) is 5.92 Å². The number of rotatable bonds is 0. The van der Waals surface area contributed by atoms with E-state index in [2.05, 4.69) is 6.92 Å². The summed E-state index contributed by atoms with van der Waals surface area (Å²) in [4.78, 5) is -0.0957. The molecule has 0 saturated heterocycles. The molecule has 2 heteroatoms. The van der Waals surface area contributed by atoms with E-state index in [1.165, 1.54) is 0 Å². The standard InChI is InChI=1S/C5H8Cl2/c1-3-4(6)5(3,2)7/h3-4H,1-2H3. The van der Waals surface area contributed by atoms with Crippen LogP contribution in [0.15, 0.2) is 0 Å². The van der Waals surface area contributed by atoms with Crippen molar-refractivity contribution in [1.29, 1.82) is 0 Å². The molecule has 1 aliphatic carbocycles. The van der Waals surface area contributed by atoms with Crippen LogP contribution in [0.2, 0.25) is 0 Å². The number of halogens is 2. The Morgan fingerprint density at radius 1 is 1.57 bits per heavy atom. The molecule has 1 saturated carbocycles. The smallest absolute Gasteiger partial charge is 0.0625 e. The first-order valence-corrected chi connectivity index (χ1v) is 3.21. The molecule has 0 aromatic rings. The van der Waals surface area contributed by atoms with Crippen LogP contribution in [0.1, 0.15) is 13.8 Å². The molecule has 0 N–H and O–H groups in total. The number of hydrogen-bond donors (Lipinski definition) is 0. The van der Waals surface area contributed by atoms with Gasteiger partial charge in [-0.15, -0.1) is 23.2 Å². The summed E-state index contributed by atoms with van der Waals surface area (Å²) in [5, 5.41) is 0.203. The van der Waals surface area contributed by atoms with Crippen LogP contribution in [0.4, 0.5) is 0 Å². The summed E-state index contributed by atoms with van der Waals surface area (Å²) < 4.78 is 0. The van der Waals surface area contributed by atoms with Gasteiger partial charge in [0.15, 0.2) is 0 Å². The zero-order valence-corrected chi connectivity index (χ0v) is 5.92. The van der Waals surface area contributed by atoms with Crippen molar-refractivity contribution < 1.29 is 0 Å². The van der Waals surface area contributed by atoms with Gasteiger partial charge in [-0.2, -0.15) is 0 Å². The van der Waals surface area contributed by atoms with Gasteiger partial charge in [0.2, 0.25) is 0 Å². The van der Waals surface area contributed by atoms with E-state index in [9.17, 15) is 0 Å². The largest absolute Gasteiger partial charge is 0.121 e. The molecule has 0 aliphatic heterocycles. The van der Waals surface area contributed by atoms with Crippen molar-refractivity contribution in [3.63, 3.8) is 0 Å². The van der Waals surface area contributed by atoms with E-state index in [4.69, 9.17) is 23.2 Å². The highest BCUT2D eigenvalue weighted by atomic mass is 35.5. The molecule has 0 radical (unpaired) electrons. The molecule has 42 valence electrons. The maximum Gasteiger partial charge on any atom is 0.0625 e. The second-order valence-corrected chi connectivity index (χ2v) is 3.63. The van der Waals surface area contributed by atoms with Crippen LogP contribution in [0.5, 0.6) is 0 Å². The number of hydrogen-bond acceptors (Lipinski definition) is 0. The summed E-state index contributed by atoms with van der Waals surface area (Å²) in [6.07, 6.45) is 0. The molecule has 0 heterocycles. The first kappa shape index (κ1) is 5.71. The highest BCUT2D eigenvalue weighted by molar-refractivity contribution is 6.37. The average molecular weight is 139 g/mol. The number of alkyl halides is 2. The topological polar surface area (TPSA) is 0 Å². The summed E-state index contributed by atoms with van der Waals surface area (Å²) in [5.74, 6) is 0.496. The van der Waals surface area contributed by atoms with E-state index in [1.54, 1.807) is 0 Å². The van der Waals surface area contributed by atoms with Crippen molar-refractivity contribution in [2.75, 3.05) is 0 Å². The van der Waals surface area contributed by atoms with Gasteiger partial charge in [0.1, 0.15) is 0 Å². The second-order valence-electron chi connectivity index (χ2n) is 2.34. The minimum atomic E-state index is -0.0957. The zero-order valence-electron chi connectivity index (χ0n) is 4.41. The third-order valence-electron chi connectivity index (χ3n) is 1.76. The van der Waals surface area contributed by atoms with Crippen molar-refractivity contribution >= 4 is 23.2 Å². The van der Waals surface area contributed by atoms with Gasteiger partial charge in [-0.25, -0.2) is 0 Å². The van der Waals surface area contributed by atoms with Crippen LogP contribution in [-0.4, -0.2) is 10.3 Å². The fourth-order valence-electron chi connectivity index (χ4n) is 0.627. The molecule has 7 heavy (non-hydrogen) atoms. The van der Waals surface area contributed by atoms with Crippen molar-refractivity contribution in [3.8, 4) is 0 Å². The molecule has 1 fully saturated rings. The molecule has 0 aromatic carbocycles. The van der Waals surface area contributed by atoms with E-state index in [0.717, 1.165) is 0 Å². The summed E-state index contributed by atoms with van der Waals surface area (Å²) >= 11 is 11.5. The highest BCUT2D eigenvalue weighted by Crippen LogP contribution is 2.52. The summed E-state index contributed by atoms with van der Waals surface area (Å²) in [7, 11) is 0. The van der Waals surface area contributed by atoms with Gasteiger partial charge in [-0.3, -0.25) is 0 Å². The van der Waals surface area contributed by atoms with E-state index < -0.39 is 0 Å². The van der Waals surface area contributed by atoms with E-state index in [-0.39, 0.29) is 10.3 Å². The Bertz CT molecular complexity index is 78.1. The zero-order chi connectivity index (χ0) is 5.65. The molecule has 0 spiro atoms. The molecule has 0 nitrogen and oxygen atoms in total. The molecule has 0 aromatic heterocycles. The Hall–Kier alpha value is 0.580. The molecule has 3 atom stereocenters. The fraction of sp³-hybridized carbons (Fsp3) is 1.00. The Kier molecular flexibility index (Phi) is 1.06. The molecule has 1 rings (SSSR count). The first-order valence-electron chi connectivity index (χ1n) is 2.40. The van der Waals surface area contributed by atoms with Gasteiger partial charge in [0, 0.05) is 0 Å². The fourth-order valence-corrected chi connectivity index (χ4v) is 1.33. The van der Waals surface area contributed by atoms with Gasteiger partial charge in [0.05, 0.1) is 10.3 Å². The molecule has 0 amide bonds. The van der Waals surface area contributed by atoms with E-state index >= 15 is 0 Å². The molecule has 0 bridgehead atoms. The molecule has 1 aliphatic rings. The van der Waals surface area contributed by atoms with Crippen LogP contribution in [0.25, 0.3) is 0 Å². The molecular formula is C5H8Cl2. The van der Waals surface area contributed by atoms with Gasteiger partial charge in [-0.1, -0.05) is 6.92 Å². The lowest BCUT2D eigenvalue weighted by molar-refractivity contribution is 0.868.